The molecule has 2 amide bonds. The molecule has 6 nitrogen and oxygen atoms in total. The monoisotopic (exact) mass is 410 g/mol. The van der Waals surface area contributed by atoms with E-state index in [-0.39, 0.29) is 17.7 Å². The molecule has 0 aliphatic rings. The van der Waals surface area contributed by atoms with E-state index >= 15 is 0 Å². The Bertz CT molecular complexity index is 734. The van der Waals surface area contributed by atoms with E-state index in [1.54, 1.807) is 0 Å². The number of anilines is 1. The van der Waals surface area contributed by atoms with Gasteiger partial charge >= 0.3 is 0 Å². The summed E-state index contributed by atoms with van der Waals surface area (Å²) < 4.78 is 0.947. The molecule has 0 radical (unpaired) electrons. The van der Waals surface area contributed by atoms with Gasteiger partial charge in [-0.1, -0.05) is 59.7 Å². The molecule has 1 aromatic heterocycles. The fourth-order valence-corrected chi connectivity index (χ4v) is 3.26. The van der Waals surface area contributed by atoms with E-state index in [2.05, 4.69) is 36.8 Å². The van der Waals surface area contributed by atoms with Crippen molar-refractivity contribution >= 4 is 44.2 Å². The van der Waals surface area contributed by atoms with Crippen LogP contribution in [0, 0.1) is 5.92 Å². The van der Waals surface area contributed by atoms with E-state index in [0.717, 1.165) is 16.5 Å². The van der Waals surface area contributed by atoms with Gasteiger partial charge in [0.05, 0.1) is 0 Å². The van der Waals surface area contributed by atoms with Gasteiger partial charge in [-0.15, -0.1) is 10.2 Å². The largest absolute Gasteiger partial charge is 0.344 e. The number of nitrogens with zero attached hydrogens (tertiary/aromatic N) is 2. The minimum absolute atomic E-state index is 0.0198. The molecule has 2 N–H and O–H groups in total. The van der Waals surface area contributed by atoms with E-state index in [1.165, 1.54) is 18.3 Å². The second-order valence-corrected chi connectivity index (χ2v) is 7.37. The number of rotatable bonds is 6. The van der Waals surface area contributed by atoms with Crippen LogP contribution < -0.4 is 10.6 Å². The predicted octanol–water partition coefficient (Wildman–Crippen LogP) is 3.46. The molecule has 1 aromatic carbocycles. The first-order valence-corrected chi connectivity index (χ1v) is 9.19. The summed E-state index contributed by atoms with van der Waals surface area (Å²) in [5.41, 5.74) is 0.919. The van der Waals surface area contributed by atoms with Crippen LogP contribution in [0.1, 0.15) is 27.2 Å². The van der Waals surface area contributed by atoms with Crippen LogP contribution in [0.2, 0.25) is 0 Å². The lowest BCUT2D eigenvalue weighted by molar-refractivity contribution is -0.126. The van der Waals surface area contributed by atoms with E-state index in [9.17, 15) is 9.59 Å². The first-order chi connectivity index (χ1) is 11.4. The first kappa shape index (κ1) is 18.5. The molecule has 24 heavy (non-hydrogen) atoms. The summed E-state index contributed by atoms with van der Waals surface area (Å²) in [6, 6.07) is 7.11. The number of benzene rings is 1. The van der Waals surface area contributed by atoms with Crippen molar-refractivity contribution in [3.63, 3.8) is 0 Å². The van der Waals surface area contributed by atoms with Crippen LogP contribution in [-0.4, -0.2) is 28.1 Å². The zero-order valence-electron chi connectivity index (χ0n) is 13.7. The number of carbonyl (C=O) groups excluding carboxylic acids is 2. The minimum atomic E-state index is -0.592. The average Bonchev–Trinajstić information content (AvgIpc) is 3.00. The van der Waals surface area contributed by atoms with E-state index in [4.69, 9.17) is 0 Å². The molecule has 0 aliphatic carbocycles. The van der Waals surface area contributed by atoms with Crippen LogP contribution in [0.5, 0.6) is 0 Å². The summed E-state index contributed by atoms with van der Waals surface area (Å²) in [6.45, 7) is 5.30. The summed E-state index contributed by atoms with van der Waals surface area (Å²) in [4.78, 5) is 23.8. The quantitative estimate of drug-likeness (QED) is 0.763. The van der Waals surface area contributed by atoms with Gasteiger partial charge in [-0.3, -0.25) is 14.9 Å². The maximum Gasteiger partial charge on any atom is 0.249 e. The molecule has 2 aromatic rings. The fraction of sp³-hybridized carbons (Fsp3) is 0.375. The van der Waals surface area contributed by atoms with Gasteiger partial charge in [-0.2, -0.15) is 0 Å². The summed E-state index contributed by atoms with van der Waals surface area (Å²) in [5, 5.41) is 14.7. The lowest BCUT2D eigenvalue weighted by Gasteiger charge is -2.22. The Morgan fingerprint density at radius 3 is 2.71 bits per heavy atom. The second kappa shape index (κ2) is 8.34. The lowest BCUT2D eigenvalue weighted by Crippen LogP contribution is -2.46. The van der Waals surface area contributed by atoms with Crippen molar-refractivity contribution in [3.05, 3.63) is 28.7 Å². The fourth-order valence-electron chi connectivity index (χ4n) is 2.12. The molecule has 2 rings (SSSR count). The number of hydrogen-bond acceptors (Lipinski definition) is 5. The van der Waals surface area contributed by atoms with Crippen LogP contribution in [-0.2, 0) is 9.59 Å². The van der Waals surface area contributed by atoms with Crippen molar-refractivity contribution in [1.29, 1.82) is 0 Å². The molecule has 0 bridgehead atoms. The highest BCUT2D eigenvalue weighted by molar-refractivity contribution is 9.10. The van der Waals surface area contributed by atoms with Gasteiger partial charge < -0.3 is 5.32 Å². The van der Waals surface area contributed by atoms with Crippen molar-refractivity contribution in [3.8, 4) is 10.6 Å². The molecule has 0 unspecified atom stereocenters. The summed E-state index contributed by atoms with van der Waals surface area (Å²) in [5.74, 6) is -0.495. The zero-order valence-corrected chi connectivity index (χ0v) is 16.1. The van der Waals surface area contributed by atoms with E-state index in [0.29, 0.717) is 10.1 Å². The highest BCUT2D eigenvalue weighted by Crippen LogP contribution is 2.28. The lowest BCUT2D eigenvalue weighted by atomic mass is 9.98. The number of hydrogen-bond donors (Lipinski definition) is 2. The standard InChI is InChI=1S/C16H19BrN4O2S/c1-4-9(2)13(18-10(3)22)14(23)19-16-21-20-15(24-16)11-6-5-7-12(17)8-11/h5-9,13H,4H2,1-3H3,(H,18,22)(H,19,21,23)/t9-,13+/m0/s1. The van der Waals surface area contributed by atoms with Gasteiger partial charge in [-0.25, -0.2) is 0 Å². The Kier molecular flexibility index (Phi) is 6.44. The summed E-state index contributed by atoms with van der Waals surface area (Å²) in [7, 11) is 0. The third-order valence-corrected chi connectivity index (χ3v) is 4.96. The second-order valence-electron chi connectivity index (χ2n) is 5.48. The molecule has 128 valence electrons. The van der Waals surface area contributed by atoms with Crippen molar-refractivity contribution in [2.24, 2.45) is 5.92 Å². The maximum absolute atomic E-state index is 12.5. The van der Waals surface area contributed by atoms with Crippen LogP contribution in [0.3, 0.4) is 0 Å². The molecule has 0 aliphatic heterocycles. The number of carbonyl (C=O) groups is 2. The van der Waals surface area contributed by atoms with Gasteiger partial charge in [-0.05, 0) is 18.1 Å². The maximum atomic E-state index is 12.5. The molecule has 0 saturated carbocycles. The number of aromatic nitrogens is 2. The summed E-state index contributed by atoms with van der Waals surface area (Å²) in [6.07, 6.45) is 0.776. The Hall–Kier alpha value is -1.80. The predicted molar refractivity (Wildman–Crippen MR) is 98.7 cm³/mol. The van der Waals surface area contributed by atoms with E-state index < -0.39 is 6.04 Å². The molecule has 0 spiro atoms. The molecule has 1 heterocycles. The molecular weight excluding hydrogens is 392 g/mol. The Balaban J connectivity index is 2.12. The Morgan fingerprint density at radius 1 is 1.33 bits per heavy atom. The minimum Gasteiger partial charge on any atom is -0.344 e. The first-order valence-electron chi connectivity index (χ1n) is 7.58. The molecule has 2 atom stereocenters. The average molecular weight is 411 g/mol. The molecular formula is C16H19BrN4O2S. The zero-order chi connectivity index (χ0) is 17.7. The number of nitrogens with one attached hydrogen (secondary N) is 2. The van der Waals surface area contributed by atoms with Crippen LogP contribution in [0.15, 0.2) is 28.7 Å². The highest BCUT2D eigenvalue weighted by atomic mass is 79.9. The third-order valence-electron chi connectivity index (χ3n) is 3.58. The topological polar surface area (TPSA) is 84.0 Å². The van der Waals surface area contributed by atoms with Crippen LogP contribution in [0.4, 0.5) is 5.13 Å². The molecule has 8 heteroatoms. The van der Waals surface area contributed by atoms with Gasteiger partial charge in [0.15, 0.2) is 0 Å². The van der Waals surface area contributed by atoms with Gasteiger partial charge in [0, 0.05) is 17.0 Å². The number of amides is 2. The summed E-state index contributed by atoms with van der Waals surface area (Å²) >= 11 is 4.71. The molecule has 0 fully saturated rings. The third kappa shape index (κ3) is 4.85. The van der Waals surface area contributed by atoms with Crippen molar-refractivity contribution in [2.75, 3.05) is 5.32 Å². The van der Waals surface area contributed by atoms with E-state index in [1.807, 2.05) is 38.1 Å². The van der Waals surface area contributed by atoms with Crippen molar-refractivity contribution in [2.45, 2.75) is 33.2 Å². The number of halogens is 1. The van der Waals surface area contributed by atoms with Crippen LogP contribution >= 0.6 is 27.3 Å². The van der Waals surface area contributed by atoms with Crippen molar-refractivity contribution in [1.82, 2.24) is 15.5 Å². The van der Waals surface area contributed by atoms with Gasteiger partial charge in [0.2, 0.25) is 16.9 Å². The Morgan fingerprint density at radius 2 is 2.08 bits per heavy atom. The van der Waals surface area contributed by atoms with Crippen molar-refractivity contribution < 1.29 is 9.59 Å². The normalized spacial score (nSPS) is 13.2. The highest BCUT2D eigenvalue weighted by Gasteiger charge is 2.25. The molecule has 0 saturated heterocycles. The Labute approximate surface area is 153 Å². The smallest absolute Gasteiger partial charge is 0.249 e. The SMILES string of the molecule is CC[C@H](C)[C@@H](NC(C)=O)C(=O)Nc1nnc(-c2cccc(Br)c2)s1. The van der Waals surface area contributed by atoms with Gasteiger partial charge in [0.25, 0.3) is 0 Å². The van der Waals surface area contributed by atoms with Gasteiger partial charge in [0.1, 0.15) is 11.0 Å². The van der Waals surface area contributed by atoms with Crippen LogP contribution in [0.25, 0.3) is 10.6 Å².